The van der Waals surface area contributed by atoms with Gasteiger partial charge >= 0.3 is 0 Å². The molecule has 82 valence electrons. The molecule has 1 aromatic heterocycles. The van der Waals surface area contributed by atoms with Gasteiger partial charge in [-0.25, -0.2) is 4.98 Å². The predicted octanol–water partition coefficient (Wildman–Crippen LogP) is 3.15. The van der Waals surface area contributed by atoms with Crippen LogP contribution in [0.4, 0.5) is 0 Å². The lowest BCUT2D eigenvalue weighted by molar-refractivity contribution is 0.112. The van der Waals surface area contributed by atoms with Gasteiger partial charge in [0.2, 0.25) is 0 Å². The molecule has 0 aliphatic rings. The third-order valence-electron chi connectivity index (χ3n) is 2.07. The molecule has 0 saturated heterocycles. The van der Waals surface area contributed by atoms with Crippen LogP contribution in [-0.4, -0.2) is 15.8 Å². The normalized spacial score (nSPS) is 10.4. The third kappa shape index (κ3) is 2.36. The molecule has 0 unspecified atom stereocenters. The Hall–Kier alpha value is -1.07. The Balaban J connectivity index is 2.29. The van der Waals surface area contributed by atoms with Gasteiger partial charge in [0.05, 0.1) is 0 Å². The van der Waals surface area contributed by atoms with Gasteiger partial charge in [-0.1, -0.05) is 17.8 Å². The van der Waals surface area contributed by atoms with Gasteiger partial charge in [-0.2, -0.15) is 0 Å². The van der Waals surface area contributed by atoms with E-state index in [0.29, 0.717) is 5.56 Å². The monoisotopic (exact) mass is 296 g/mol. The van der Waals surface area contributed by atoms with Crippen LogP contribution in [0.1, 0.15) is 10.4 Å². The summed E-state index contributed by atoms with van der Waals surface area (Å²) in [5.74, 6) is 0. The second-order valence-electron chi connectivity index (χ2n) is 3.23. The fraction of sp³-hybridized carbons (Fsp3) is 0.0909. The first-order valence-corrected chi connectivity index (χ1v) is 6.21. The van der Waals surface area contributed by atoms with Crippen molar-refractivity contribution in [2.45, 2.75) is 10.1 Å². The van der Waals surface area contributed by atoms with Crippen molar-refractivity contribution < 1.29 is 4.79 Å². The lowest BCUT2D eigenvalue weighted by atomic mass is 10.2. The van der Waals surface area contributed by atoms with Gasteiger partial charge in [0.15, 0.2) is 5.16 Å². The average molecular weight is 297 g/mol. The Labute approximate surface area is 106 Å². The molecule has 1 aromatic carbocycles. The highest BCUT2D eigenvalue weighted by Crippen LogP contribution is 2.32. The minimum atomic E-state index is 0.663. The molecule has 3 nitrogen and oxygen atoms in total. The fourth-order valence-corrected chi connectivity index (χ4v) is 2.67. The van der Waals surface area contributed by atoms with Crippen molar-refractivity contribution in [1.29, 1.82) is 0 Å². The summed E-state index contributed by atoms with van der Waals surface area (Å²) in [7, 11) is 1.95. The van der Waals surface area contributed by atoms with Crippen LogP contribution in [0.5, 0.6) is 0 Å². The number of hydrogen-bond acceptors (Lipinski definition) is 3. The van der Waals surface area contributed by atoms with E-state index in [4.69, 9.17) is 0 Å². The summed E-state index contributed by atoms with van der Waals surface area (Å²) in [4.78, 5) is 15.9. The van der Waals surface area contributed by atoms with Crippen molar-refractivity contribution in [2.24, 2.45) is 7.05 Å². The molecule has 5 heteroatoms. The van der Waals surface area contributed by atoms with E-state index in [-0.39, 0.29) is 0 Å². The minimum absolute atomic E-state index is 0.663. The van der Waals surface area contributed by atoms with Gasteiger partial charge in [-0.05, 0) is 28.1 Å². The Bertz CT molecular complexity index is 524. The molecule has 0 aliphatic carbocycles. The first-order valence-electron chi connectivity index (χ1n) is 4.60. The molecule has 0 spiro atoms. The van der Waals surface area contributed by atoms with Gasteiger partial charge < -0.3 is 4.57 Å². The first kappa shape index (κ1) is 11.4. The second-order valence-corrected chi connectivity index (χ2v) is 5.09. The zero-order valence-corrected chi connectivity index (χ0v) is 11.0. The van der Waals surface area contributed by atoms with Crippen LogP contribution >= 0.6 is 27.7 Å². The lowest BCUT2D eigenvalue weighted by Crippen LogP contribution is -1.89. The van der Waals surface area contributed by atoms with E-state index in [1.165, 1.54) is 0 Å². The summed E-state index contributed by atoms with van der Waals surface area (Å²) in [6.07, 6.45) is 4.49. The maximum absolute atomic E-state index is 10.6. The number of rotatable bonds is 3. The number of carbonyl (C=O) groups excluding carboxylic acids is 1. The average Bonchev–Trinajstić information content (AvgIpc) is 2.67. The maximum atomic E-state index is 10.6. The highest BCUT2D eigenvalue weighted by molar-refractivity contribution is 9.10. The lowest BCUT2D eigenvalue weighted by Gasteiger charge is -2.04. The Morgan fingerprint density at radius 2 is 2.31 bits per heavy atom. The number of nitrogens with zero attached hydrogens (tertiary/aromatic N) is 2. The summed E-state index contributed by atoms with van der Waals surface area (Å²) in [5.41, 5.74) is 0.663. The zero-order valence-electron chi connectivity index (χ0n) is 8.55. The largest absolute Gasteiger partial charge is 0.329 e. The molecular weight excluding hydrogens is 288 g/mol. The molecule has 0 N–H and O–H groups in total. The maximum Gasteiger partial charge on any atom is 0.172 e. The number of halogens is 1. The fourth-order valence-electron chi connectivity index (χ4n) is 1.22. The Morgan fingerprint density at radius 3 is 2.88 bits per heavy atom. The molecule has 2 rings (SSSR count). The van der Waals surface area contributed by atoms with Crippen LogP contribution in [0.15, 0.2) is 45.1 Å². The van der Waals surface area contributed by atoms with Crippen molar-refractivity contribution in [2.75, 3.05) is 0 Å². The van der Waals surface area contributed by atoms with Crippen molar-refractivity contribution in [1.82, 2.24) is 9.55 Å². The quantitative estimate of drug-likeness (QED) is 0.816. The van der Waals surface area contributed by atoms with Crippen molar-refractivity contribution in [3.63, 3.8) is 0 Å². The molecule has 1 heterocycles. The molecule has 0 bridgehead atoms. The molecule has 0 saturated carbocycles. The number of imidazole rings is 1. The van der Waals surface area contributed by atoms with Gasteiger partial charge in [-0.15, -0.1) is 0 Å². The number of carbonyl (C=O) groups is 1. The molecule has 0 amide bonds. The van der Waals surface area contributed by atoms with Gasteiger partial charge in [0.1, 0.15) is 6.29 Å². The van der Waals surface area contributed by atoms with Gasteiger partial charge in [-0.3, -0.25) is 4.79 Å². The molecule has 0 fully saturated rings. The highest BCUT2D eigenvalue weighted by atomic mass is 79.9. The Kier molecular flexibility index (Phi) is 3.46. The van der Waals surface area contributed by atoms with Crippen molar-refractivity contribution in [3.8, 4) is 0 Å². The number of aromatic nitrogens is 2. The second kappa shape index (κ2) is 4.84. The smallest absolute Gasteiger partial charge is 0.172 e. The summed E-state index contributed by atoms with van der Waals surface area (Å²) >= 11 is 5.00. The minimum Gasteiger partial charge on any atom is -0.329 e. The first-order chi connectivity index (χ1) is 7.70. The topological polar surface area (TPSA) is 34.9 Å². The summed E-state index contributed by atoms with van der Waals surface area (Å²) in [6, 6.07) is 5.51. The standard InChI is InChI=1S/C11H9BrN2OS/c1-14-5-4-13-11(14)16-10-3-2-8(7-15)6-9(10)12/h2-7H,1H3. The molecular formula is C11H9BrN2OS. The van der Waals surface area contributed by atoms with Gasteiger partial charge in [0, 0.05) is 34.4 Å². The van der Waals surface area contributed by atoms with Gasteiger partial charge in [0.25, 0.3) is 0 Å². The molecule has 16 heavy (non-hydrogen) atoms. The van der Waals surface area contributed by atoms with E-state index >= 15 is 0 Å². The number of aldehydes is 1. The zero-order chi connectivity index (χ0) is 11.5. The summed E-state index contributed by atoms with van der Waals surface area (Å²) in [5, 5.41) is 0.916. The molecule has 0 radical (unpaired) electrons. The van der Waals surface area contributed by atoms with E-state index in [1.807, 2.05) is 23.9 Å². The number of hydrogen-bond donors (Lipinski definition) is 0. The van der Waals surface area contributed by atoms with Crippen LogP contribution in [0.2, 0.25) is 0 Å². The number of benzene rings is 1. The van der Waals surface area contributed by atoms with E-state index in [9.17, 15) is 4.79 Å². The summed E-state index contributed by atoms with van der Waals surface area (Å²) < 4.78 is 2.86. The van der Waals surface area contributed by atoms with Crippen LogP contribution in [-0.2, 0) is 7.05 Å². The predicted molar refractivity (Wildman–Crippen MR) is 66.9 cm³/mol. The third-order valence-corrected chi connectivity index (χ3v) is 4.14. The molecule has 2 aromatic rings. The van der Waals surface area contributed by atoms with Crippen molar-refractivity contribution >= 4 is 34.0 Å². The summed E-state index contributed by atoms with van der Waals surface area (Å²) in [6.45, 7) is 0. The van der Waals surface area contributed by atoms with Crippen LogP contribution in [0, 0.1) is 0 Å². The SMILES string of the molecule is Cn1ccnc1Sc1ccc(C=O)cc1Br. The van der Waals surface area contributed by atoms with Crippen LogP contribution < -0.4 is 0 Å². The molecule has 0 aliphatic heterocycles. The number of aryl methyl sites for hydroxylation is 1. The van der Waals surface area contributed by atoms with E-state index < -0.39 is 0 Å². The molecule has 0 atom stereocenters. The van der Waals surface area contributed by atoms with E-state index in [2.05, 4.69) is 20.9 Å². The van der Waals surface area contributed by atoms with Crippen LogP contribution in [0.25, 0.3) is 0 Å². The highest BCUT2D eigenvalue weighted by Gasteiger charge is 2.06. The van der Waals surface area contributed by atoms with E-state index in [1.54, 1.807) is 30.1 Å². The van der Waals surface area contributed by atoms with Crippen molar-refractivity contribution in [3.05, 3.63) is 40.6 Å². The van der Waals surface area contributed by atoms with E-state index in [0.717, 1.165) is 20.8 Å². The Morgan fingerprint density at radius 1 is 1.50 bits per heavy atom. The van der Waals surface area contributed by atoms with Crippen LogP contribution in [0.3, 0.4) is 0 Å².